The largest absolute Gasteiger partial charge is 0.395 e. The molecule has 0 aliphatic rings. The summed E-state index contributed by atoms with van der Waals surface area (Å²) in [6.45, 7) is 2.01. The van der Waals surface area contributed by atoms with Gasteiger partial charge < -0.3 is 14.7 Å². The van der Waals surface area contributed by atoms with Gasteiger partial charge in [0.25, 0.3) is 0 Å². The van der Waals surface area contributed by atoms with Crippen LogP contribution < -0.4 is 4.90 Å². The first kappa shape index (κ1) is 12.4. The van der Waals surface area contributed by atoms with E-state index in [4.69, 9.17) is 9.84 Å². The molecule has 0 unspecified atom stereocenters. The van der Waals surface area contributed by atoms with Crippen LogP contribution in [-0.4, -0.2) is 43.5 Å². The molecule has 0 aliphatic carbocycles. The topological polar surface area (TPSA) is 45.6 Å². The van der Waals surface area contributed by atoms with Crippen LogP contribution >= 0.6 is 15.9 Å². The summed E-state index contributed by atoms with van der Waals surface area (Å²) in [5.41, 5.74) is 0. The molecule has 0 aromatic carbocycles. The van der Waals surface area contributed by atoms with Crippen LogP contribution in [-0.2, 0) is 4.74 Å². The number of methoxy groups -OCH3 is 1. The molecule has 0 fully saturated rings. The number of hydrogen-bond acceptors (Lipinski definition) is 4. The maximum Gasteiger partial charge on any atom is 0.130 e. The summed E-state index contributed by atoms with van der Waals surface area (Å²) in [7, 11) is 1.66. The standard InChI is InChI=1S/C10H15BrN2O2/c1-15-8-6-13(5-7-14)10-4-2-3-9(11)12-10/h2-4,14H,5-8H2,1H3. The van der Waals surface area contributed by atoms with E-state index < -0.39 is 0 Å². The Hall–Kier alpha value is -0.650. The van der Waals surface area contributed by atoms with Crippen LogP contribution in [0.3, 0.4) is 0 Å². The van der Waals surface area contributed by atoms with E-state index in [1.807, 2.05) is 23.1 Å². The monoisotopic (exact) mass is 274 g/mol. The Balaban J connectivity index is 2.69. The number of aliphatic hydroxyl groups excluding tert-OH is 1. The molecule has 0 spiro atoms. The summed E-state index contributed by atoms with van der Waals surface area (Å²) in [5, 5.41) is 8.94. The van der Waals surface area contributed by atoms with Gasteiger partial charge in [-0.25, -0.2) is 4.98 Å². The smallest absolute Gasteiger partial charge is 0.130 e. The maximum atomic E-state index is 8.94. The molecule has 0 radical (unpaired) electrons. The van der Waals surface area contributed by atoms with E-state index >= 15 is 0 Å². The summed E-state index contributed by atoms with van der Waals surface area (Å²) < 4.78 is 5.80. The Morgan fingerprint density at radius 2 is 2.27 bits per heavy atom. The lowest BCUT2D eigenvalue weighted by molar-refractivity contribution is 0.202. The van der Waals surface area contributed by atoms with Gasteiger partial charge in [0.15, 0.2) is 0 Å². The van der Waals surface area contributed by atoms with Crippen molar-refractivity contribution in [2.75, 3.05) is 38.3 Å². The Morgan fingerprint density at radius 1 is 1.47 bits per heavy atom. The molecule has 0 bridgehead atoms. The van der Waals surface area contributed by atoms with Crippen molar-refractivity contribution in [2.45, 2.75) is 0 Å². The van der Waals surface area contributed by atoms with Crippen LogP contribution in [0.1, 0.15) is 0 Å². The third-order valence-electron chi connectivity index (χ3n) is 1.96. The Kier molecular flexibility index (Phi) is 5.60. The highest BCUT2D eigenvalue weighted by atomic mass is 79.9. The molecule has 1 aromatic rings. The summed E-state index contributed by atoms with van der Waals surface area (Å²) in [5.74, 6) is 0.843. The van der Waals surface area contributed by atoms with Crippen molar-refractivity contribution >= 4 is 21.7 Å². The summed E-state index contributed by atoms with van der Waals surface area (Å²) >= 11 is 3.32. The van der Waals surface area contributed by atoms with Gasteiger partial charge >= 0.3 is 0 Å². The lowest BCUT2D eigenvalue weighted by atomic mass is 10.4. The number of aliphatic hydroxyl groups is 1. The van der Waals surface area contributed by atoms with Gasteiger partial charge in [-0.15, -0.1) is 0 Å². The summed E-state index contributed by atoms with van der Waals surface area (Å²) in [4.78, 5) is 6.30. The predicted octanol–water partition coefficient (Wildman–Crippen LogP) is 1.29. The number of anilines is 1. The van der Waals surface area contributed by atoms with Crippen molar-refractivity contribution in [1.82, 2.24) is 4.98 Å². The van der Waals surface area contributed by atoms with E-state index in [-0.39, 0.29) is 6.61 Å². The zero-order valence-corrected chi connectivity index (χ0v) is 10.3. The quantitative estimate of drug-likeness (QED) is 0.795. The molecule has 1 N–H and O–H groups in total. The van der Waals surface area contributed by atoms with Crippen molar-refractivity contribution in [2.24, 2.45) is 0 Å². The average Bonchev–Trinajstić information content (AvgIpc) is 2.24. The first-order valence-electron chi connectivity index (χ1n) is 4.75. The van der Waals surface area contributed by atoms with E-state index in [9.17, 15) is 0 Å². The van der Waals surface area contributed by atoms with Crippen molar-refractivity contribution < 1.29 is 9.84 Å². The second-order valence-electron chi connectivity index (χ2n) is 3.02. The minimum absolute atomic E-state index is 0.109. The fourth-order valence-corrected chi connectivity index (χ4v) is 1.57. The van der Waals surface area contributed by atoms with Gasteiger partial charge in [0, 0.05) is 20.2 Å². The Morgan fingerprint density at radius 3 is 2.87 bits per heavy atom. The molecule has 0 saturated carbocycles. The second-order valence-corrected chi connectivity index (χ2v) is 3.83. The first-order valence-corrected chi connectivity index (χ1v) is 5.54. The van der Waals surface area contributed by atoms with E-state index in [2.05, 4.69) is 20.9 Å². The maximum absolute atomic E-state index is 8.94. The van der Waals surface area contributed by atoms with Crippen LogP contribution in [0.25, 0.3) is 0 Å². The fraction of sp³-hybridized carbons (Fsp3) is 0.500. The van der Waals surface area contributed by atoms with Crippen molar-refractivity contribution in [3.63, 3.8) is 0 Å². The zero-order valence-electron chi connectivity index (χ0n) is 8.69. The van der Waals surface area contributed by atoms with Gasteiger partial charge in [-0.3, -0.25) is 0 Å². The van der Waals surface area contributed by atoms with Crippen molar-refractivity contribution in [1.29, 1.82) is 0 Å². The SMILES string of the molecule is COCCN(CCO)c1cccc(Br)n1. The molecule has 4 nitrogen and oxygen atoms in total. The van der Waals surface area contributed by atoms with Crippen LogP contribution in [0.2, 0.25) is 0 Å². The van der Waals surface area contributed by atoms with Crippen LogP contribution in [0.15, 0.2) is 22.8 Å². The van der Waals surface area contributed by atoms with Crippen molar-refractivity contribution in [3.05, 3.63) is 22.8 Å². The van der Waals surface area contributed by atoms with E-state index in [0.29, 0.717) is 13.2 Å². The molecule has 0 saturated heterocycles. The van der Waals surface area contributed by atoms with Crippen LogP contribution in [0.5, 0.6) is 0 Å². The molecule has 1 aromatic heterocycles. The molecule has 1 heterocycles. The molecule has 5 heteroatoms. The van der Waals surface area contributed by atoms with Gasteiger partial charge in [0.1, 0.15) is 10.4 Å². The molecule has 1 rings (SSSR count). The van der Waals surface area contributed by atoms with Gasteiger partial charge in [0.2, 0.25) is 0 Å². The van der Waals surface area contributed by atoms with Crippen LogP contribution in [0, 0.1) is 0 Å². The lowest BCUT2D eigenvalue weighted by Gasteiger charge is -2.22. The first-order chi connectivity index (χ1) is 7.27. The third-order valence-corrected chi connectivity index (χ3v) is 2.40. The molecule has 84 valence electrons. The number of nitrogens with zero attached hydrogens (tertiary/aromatic N) is 2. The van der Waals surface area contributed by atoms with Gasteiger partial charge in [-0.1, -0.05) is 6.07 Å². The normalized spacial score (nSPS) is 10.3. The molecule has 15 heavy (non-hydrogen) atoms. The molecular weight excluding hydrogens is 260 g/mol. The number of halogens is 1. The van der Waals surface area contributed by atoms with E-state index in [0.717, 1.165) is 17.0 Å². The van der Waals surface area contributed by atoms with Gasteiger partial charge in [0.05, 0.1) is 13.2 Å². The fourth-order valence-electron chi connectivity index (χ4n) is 1.24. The highest BCUT2D eigenvalue weighted by Gasteiger charge is 2.06. The average molecular weight is 275 g/mol. The third kappa shape index (κ3) is 4.15. The Bertz CT molecular complexity index is 297. The number of hydrogen-bond donors (Lipinski definition) is 1. The summed E-state index contributed by atoms with van der Waals surface area (Å²) in [6, 6.07) is 5.70. The second kappa shape index (κ2) is 6.76. The van der Waals surface area contributed by atoms with Crippen LogP contribution in [0.4, 0.5) is 5.82 Å². The lowest BCUT2D eigenvalue weighted by Crippen LogP contribution is -2.30. The van der Waals surface area contributed by atoms with E-state index in [1.54, 1.807) is 7.11 Å². The molecular formula is C10H15BrN2O2. The zero-order chi connectivity index (χ0) is 11.1. The summed E-state index contributed by atoms with van der Waals surface area (Å²) in [6.07, 6.45) is 0. The highest BCUT2D eigenvalue weighted by molar-refractivity contribution is 9.10. The Labute approximate surface area is 98.0 Å². The van der Waals surface area contributed by atoms with Crippen molar-refractivity contribution in [3.8, 4) is 0 Å². The number of rotatable bonds is 6. The minimum atomic E-state index is 0.109. The number of pyridine rings is 1. The molecule has 0 atom stereocenters. The van der Waals surface area contributed by atoms with Gasteiger partial charge in [-0.05, 0) is 28.1 Å². The molecule has 0 amide bonds. The number of aromatic nitrogens is 1. The van der Waals surface area contributed by atoms with Gasteiger partial charge in [-0.2, -0.15) is 0 Å². The number of ether oxygens (including phenoxy) is 1. The minimum Gasteiger partial charge on any atom is -0.395 e. The highest BCUT2D eigenvalue weighted by Crippen LogP contribution is 2.14. The molecule has 0 aliphatic heterocycles. The van der Waals surface area contributed by atoms with E-state index in [1.165, 1.54) is 0 Å². The predicted molar refractivity (Wildman–Crippen MR) is 63.1 cm³/mol.